The Hall–Kier alpha value is -7.44. The number of aliphatic hydroxyl groups is 2. The highest BCUT2D eigenvalue weighted by Gasteiger charge is 2.67. The van der Waals surface area contributed by atoms with Crippen molar-refractivity contribution in [3.05, 3.63) is 241 Å². The molecule has 4 heteroatoms. The molecule has 2 saturated carbocycles. The average molecular weight is 1000 g/mol. The van der Waals surface area contributed by atoms with Gasteiger partial charge in [0.25, 0.3) is 0 Å². The summed E-state index contributed by atoms with van der Waals surface area (Å²) >= 11 is 0. The normalized spacial score (nSPS) is 18.9. The summed E-state index contributed by atoms with van der Waals surface area (Å²) in [7, 11) is 0. The third-order valence-corrected chi connectivity index (χ3v) is 18.8. The van der Waals surface area contributed by atoms with Gasteiger partial charge in [-0.1, -0.05) is 233 Å². The summed E-state index contributed by atoms with van der Waals surface area (Å²) in [5.41, 5.74) is -1.02. The second-order valence-electron chi connectivity index (χ2n) is 22.8. The highest BCUT2D eigenvalue weighted by Crippen LogP contribution is 2.60. The highest BCUT2D eigenvalue weighted by molar-refractivity contribution is 6.14. The third-order valence-electron chi connectivity index (χ3n) is 18.8. The van der Waals surface area contributed by atoms with Crippen LogP contribution in [0.15, 0.2) is 218 Å². The molecule has 1 aliphatic heterocycles. The zero-order valence-corrected chi connectivity index (χ0v) is 43.4. The van der Waals surface area contributed by atoms with Gasteiger partial charge in [-0.15, -0.1) is 0 Å². The van der Waals surface area contributed by atoms with Crippen LogP contribution in [0.5, 0.6) is 0 Å². The SMILES string of the molecule is OC(c1cc2ccccc2c2ccccc12)(c1cc2ccccc2c2ccccc12)[C@@H]1OC(C2CCCCC2)(C2CCCCC2)O[C@H]1C(O)(c1cc2ccccc2c2ccccc12)c1cc2ccccc2c2ccccc12. The molecule has 15 rings (SSSR count). The first-order valence-corrected chi connectivity index (χ1v) is 28.4. The molecule has 2 aliphatic carbocycles. The first-order chi connectivity index (χ1) is 37.9. The maximum atomic E-state index is 15.9. The van der Waals surface area contributed by atoms with Gasteiger partial charge in [0, 0.05) is 11.8 Å². The Morgan fingerprint density at radius 1 is 0.286 bits per heavy atom. The van der Waals surface area contributed by atoms with Crippen molar-refractivity contribution in [2.24, 2.45) is 11.8 Å². The van der Waals surface area contributed by atoms with Crippen molar-refractivity contribution >= 4 is 86.2 Å². The summed E-state index contributed by atoms with van der Waals surface area (Å²) in [5.74, 6) is -1.08. The minimum absolute atomic E-state index is 0.0312. The third kappa shape index (κ3) is 7.12. The van der Waals surface area contributed by atoms with E-state index in [1.54, 1.807) is 0 Å². The van der Waals surface area contributed by atoms with E-state index in [-0.39, 0.29) is 11.8 Å². The predicted octanol–water partition coefficient (Wildman–Crippen LogP) is 17.7. The molecule has 0 amide bonds. The fraction of sp³-hybridized carbons (Fsp3) is 0.233. The molecule has 3 fully saturated rings. The van der Waals surface area contributed by atoms with Gasteiger partial charge in [0.05, 0.1) is 0 Å². The Kier molecular flexibility index (Phi) is 11.2. The Balaban J connectivity index is 1.14. The minimum Gasteiger partial charge on any atom is -0.377 e. The summed E-state index contributed by atoms with van der Waals surface area (Å²) in [6, 6.07) is 77.3. The fourth-order valence-electron chi connectivity index (χ4n) is 15.3. The largest absolute Gasteiger partial charge is 0.377 e. The van der Waals surface area contributed by atoms with Gasteiger partial charge in [0.2, 0.25) is 0 Å². The molecule has 2 atom stereocenters. The lowest BCUT2D eigenvalue weighted by Crippen LogP contribution is -2.55. The molecule has 1 saturated heterocycles. The quantitative estimate of drug-likeness (QED) is 0.149. The van der Waals surface area contributed by atoms with Gasteiger partial charge < -0.3 is 19.7 Å². The van der Waals surface area contributed by atoms with E-state index in [1.165, 1.54) is 0 Å². The lowest BCUT2D eigenvalue weighted by atomic mass is 9.68. The van der Waals surface area contributed by atoms with E-state index in [2.05, 4.69) is 218 Å². The smallest absolute Gasteiger partial charge is 0.175 e. The molecule has 12 aromatic rings. The molecule has 4 nitrogen and oxygen atoms in total. The van der Waals surface area contributed by atoms with Gasteiger partial charge >= 0.3 is 0 Å². The molecule has 2 N–H and O–H groups in total. The Morgan fingerprint density at radius 3 is 0.766 bits per heavy atom. The van der Waals surface area contributed by atoms with E-state index < -0.39 is 29.2 Å². The zero-order valence-electron chi connectivity index (χ0n) is 43.4. The van der Waals surface area contributed by atoms with Crippen LogP contribution in [0.1, 0.15) is 86.5 Å². The van der Waals surface area contributed by atoms with Crippen molar-refractivity contribution in [2.45, 2.75) is 93.4 Å². The van der Waals surface area contributed by atoms with Crippen molar-refractivity contribution in [1.82, 2.24) is 0 Å². The van der Waals surface area contributed by atoms with Crippen molar-refractivity contribution in [1.29, 1.82) is 0 Å². The molecule has 0 bridgehead atoms. The fourth-order valence-corrected chi connectivity index (χ4v) is 15.3. The van der Waals surface area contributed by atoms with E-state index in [0.29, 0.717) is 0 Å². The summed E-state index contributed by atoms with van der Waals surface area (Å²) in [6.45, 7) is 0. The molecular weight excluding hydrogens is 941 g/mol. The van der Waals surface area contributed by atoms with E-state index in [0.717, 1.165) is 173 Å². The summed E-state index contributed by atoms with van der Waals surface area (Å²) in [5, 5.41) is 48.1. The molecule has 0 aromatic heterocycles. The van der Waals surface area contributed by atoms with Crippen LogP contribution in [-0.2, 0) is 20.7 Å². The second-order valence-corrected chi connectivity index (χ2v) is 22.8. The molecule has 3 aliphatic rings. The molecule has 378 valence electrons. The monoisotopic (exact) mass is 1000 g/mol. The van der Waals surface area contributed by atoms with Crippen LogP contribution in [0.3, 0.4) is 0 Å². The maximum absolute atomic E-state index is 15.9. The van der Waals surface area contributed by atoms with Crippen molar-refractivity contribution in [3.63, 3.8) is 0 Å². The number of hydrogen-bond donors (Lipinski definition) is 2. The highest BCUT2D eigenvalue weighted by atomic mass is 16.8. The van der Waals surface area contributed by atoms with E-state index in [9.17, 15) is 0 Å². The van der Waals surface area contributed by atoms with Crippen LogP contribution in [0.4, 0.5) is 0 Å². The summed E-state index contributed by atoms with van der Waals surface area (Å²) in [6.07, 6.45) is 8.05. The van der Waals surface area contributed by atoms with Crippen LogP contribution in [0.2, 0.25) is 0 Å². The average Bonchev–Trinajstić information content (AvgIpc) is 4.08. The molecule has 12 aromatic carbocycles. The van der Waals surface area contributed by atoms with Crippen LogP contribution >= 0.6 is 0 Å². The van der Waals surface area contributed by atoms with Gasteiger partial charge in [-0.2, -0.15) is 0 Å². The zero-order chi connectivity index (χ0) is 51.3. The summed E-state index contributed by atoms with van der Waals surface area (Å²) in [4.78, 5) is 0. The summed E-state index contributed by atoms with van der Waals surface area (Å²) < 4.78 is 17.0. The predicted molar refractivity (Wildman–Crippen MR) is 317 cm³/mol. The molecule has 0 unspecified atom stereocenters. The van der Waals surface area contributed by atoms with Crippen molar-refractivity contribution in [3.8, 4) is 0 Å². The molecule has 0 spiro atoms. The van der Waals surface area contributed by atoms with Crippen LogP contribution in [-0.4, -0.2) is 28.2 Å². The lowest BCUT2D eigenvalue weighted by molar-refractivity contribution is -0.269. The lowest BCUT2D eigenvalue weighted by Gasteiger charge is -2.46. The first-order valence-electron chi connectivity index (χ1n) is 28.4. The van der Waals surface area contributed by atoms with Gasteiger partial charge in [0.1, 0.15) is 23.4 Å². The van der Waals surface area contributed by atoms with Gasteiger partial charge in [-0.3, -0.25) is 0 Å². The van der Waals surface area contributed by atoms with E-state index in [1.807, 2.05) is 0 Å². The Bertz CT molecular complexity index is 3760. The number of hydrogen-bond acceptors (Lipinski definition) is 4. The standard InChI is InChI=1S/C73H62O4/c74-71(65-43-47-23-7-11-31-53(47)57-35-15-19-39-61(57)65,66-44-48-24-8-12-32-54(48)58-36-16-20-40-62(58)66)69-70(77-73(76-69,51-27-3-1-4-28-51)52-29-5-2-6-30-52)72(75,67-45-49-25-9-13-33-55(49)59-37-17-21-41-63(59)67)68-46-50-26-10-14-34-56(50)60-38-18-22-42-64(60)68/h7-26,31-46,51-52,69-70,74-75H,1-6,27-30H2/t69-,70-/m1/s1. The van der Waals surface area contributed by atoms with Gasteiger partial charge in [0.15, 0.2) is 5.79 Å². The molecule has 77 heavy (non-hydrogen) atoms. The number of fused-ring (bicyclic) bond motifs is 12. The number of benzene rings is 12. The van der Waals surface area contributed by atoms with Crippen molar-refractivity contribution in [2.75, 3.05) is 0 Å². The topological polar surface area (TPSA) is 58.9 Å². The van der Waals surface area contributed by atoms with Gasteiger partial charge in [-0.05, 0) is 158 Å². The minimum atomic E-state index is -1.96. The van der Waals surface area contributed by atoms with Crippen LogP contribution in [0, 0.1) is 11.8 Å². The number of rotatable bonds is 8. The molecule has 1 heterocycles. The number of ether oxygens (including phenoxy) is 2. The first kappa shape index (κ1) is 46.8. The molecular formula is C73H62O4. The van der Waals surface area contributed by atoms with E-state index >= 15 is 10.2 Å². The van der Waals surface area contributed by atoms with Crippen LogP contribution in [0.25, 0.3) is 86.2 Å². The molecule has 0 radical (unpaired) electrons. The maximum Gasteiger partial charge on any atom is 0.175 e. The van der Waals surface area contributed by atoms with Gasteiger partial charge in [-0.25, -0.2) is 0 Å². The second kappa shape index (κ2) is 18.4. The van der Waals surface area contributed by atoms with E-state index in [4.69, 9.17) is 9.47 Å². The van der Waals surface area contributed by atoms with Crippen LogP contribution < -0.4 is 0 Å². The Morgan fingerprint density at radius 2 is 0.506 bits per heavy atom. The Labute approximate surface area is 449 Å². The van der Waals surface area contributed by atoms with Crippen molar-refractivity contribution < 1.29 is 19.7 Å².